The molecule has 7 heteroatoms. The highest BCUT2D eigenvalue weighted by atomic mass is 31.1. The minimum absolute atomic E-state index is 0.0119. The fourth-order valence-corrected chi connectivity index (χ4v) is 1.81. The maximum Gasteiger partial charge on any atom is 0.305 e. The summed E-state index contributed by atoms with van der Waals surface area (Å²) in [4.78, 5) is 10.1. The summed E-state index contributed by atoms with van der Waals surface area (Å²) in [5.74, 6) is -0.951. The lowest BCUT2D eigenvalue weighted by atomic mass is 10.4. The summed E-state index contributed by atoms with van der Waals surface area (Å²) < 4.78 is 16.3. The lowest BCUT2D eigenvalue weighted by molar-refractivity contribution is -0.137. The van der Waals surface area contributed by atoms with Crippen molar-refractivity contribution in [2.45, 2.75) is 6.42 Å². The summed E-state index contributed by atoms with van der Waals surface area (Å²) in [6, 6.07) is 8.73. The van der Waals surface area contributed by atoms with Gasteiger partial charge < -0.3 is 19.8 Å². The van der Waals surface area contributed by atoms with Gasteiger partial charge in [0.15, 0.2) is 0 Å². The molecule has 0 aliphatic carbocycles. The quantitative estimate of drug-likeness (QED) is 0.643. The molecule has 0 aliphatic heterocycles. The van der Waals surface area contributed by atoms with Gasteiger partial charge in [0.1, 0.15) is 0 Å². The first kappa shape index (κ1) is 16.8. The van der Waals surface area contributed by atoms with Crippen LogP contribution in [-0.4, -0.2) is 41.1 Å². The summed E-state index contributed by atoms with van der Waals surface area (Å²) >= 11 is 0. The summed E-state index contributed by atoms with van der Waals surface area (Å²) in [5, 5.41) is 24.2. The van der Waals surface area contributed by atoms with Gasteiger partial charge in [-0.2, -0.15) is 0 Å². The van der Waals surface area contributed by atoms with Crippen molar-refractivity contribution >= 4 is 19.3 Å². The monoisotopic (exact) mass is 276 g/mol. The summed E-state index contributed by atoms with van der Waals surface area (Å²) in [6.07, 6.45) is -0.122. The molecule has 102 valence electrons. The second kappa shape index (κ2) is 10.9. The number of aliphatic hydroxyl groups is 2. The van der Waals surface area contributed by atoms with Crippen LogP contribution in [0.5, 0.6) is 0 Å². The predicted octanol–water partition coefficient (Wildman–Crippen LogP) is 0.249. The fraction of sp³-hybridized carbons (Fsp3) is 0.364. The largest absolute Gasteiger partial charge is 0.481 e. The molecule has 0 spiro atoms. The minimum atomic E-state index is -2.28. The maximum absolute atomic E-state index is 11.4. The molecule has 0 heterocycles. The van der Waals surface area contributed by atoms with Crippen LogP contribution in [0.25, 0.3) is 0 Å². The number of aliphatic hydroxyl groups excluding tert-OH is 2. The van der Waals surface area contributed by atoms with Crippen molar-refractivity contribution in [3.8, 4) is 0 Å². The van der Waals surface area contributed by atoms with E-state index in [1.807, 2.05) is 6.07 Å². The first-order valence-electron chi connectivity index (χ1n) is 5.27. The van der Waals surface area contributed by atoms with Crippen LogP contribution in [0.2, 0.25) is 0 Å². The van der Waals surface area contributed by atoms with Gasteiger partial charge in [0.25, 0.3) is 0 Å². The fourth-order valence-electron chi connectivity index (χ4n) is 0.889. The Morgan fingerprint density at radius 3 is 2.17 bits per heavy atom. The van der Waals surface area contributed by atoms with E-state index in [9.17, 15) is 9.36 Å². The average Bonchev–Trinajstić information content (AvgIpc) is 2.39. The molecule has 0 bridgehead atoms. The summed E-state index contributed by atoms with van der Waals surface area (Å²) in [6.45, 7) is -0.262. The number of carboxylic acid groups (broad SMARTS) is 1. The van der Waals surface area contributed by atoms with Crippen LogP contribution in [-0.2, 0) is 13.9 Å². The van der Waals surface area contributed by atoms with Crippen molar-refractivity contribution in [2.24, 2.45) is 0 Å². The molecular weight excluding hydrogens is 259 g/mol. The Morgan fingerprint density at radius 1 is 1.17 bits per heavy atom. The van der Waals surface area contributed by atoms with Gasteiger partial charge >= 0.3 is 5.97 Å². The van der Waals surface area contributed by atoms with Crippen molar-refractivity contribution in [2.75, 3.05) is 19.8 Å². The van der Waals surface area contributed by atoms with E-state index in [0.717, 1.165) is 0 Å². The predicted molar refractivity (Wildman–Crippen MR) is 67.5 cm³/mol. The SMILES string of the molecule is O=C(O)CCO[PH](=O)c1ccccc1.OCCO. The van der Waals surface area contributed by atoms with Gasteiger partial charge in [-0.25, -0.2) is 0 Å². The first-order valence-corrected chi connectivity index (χ1v) is 6.59. The molecule has 0 amide bonds. The third-order valence-electron chi connectivity index (χ3n) is 1.66. The molecule has 0 aromatic heterocycles. The molecule has 1 aromatic carbocycles. The van der Waals surface area contributed by atoms with E-state index in [1.54, 1.807) is 24.3 Å². The van der Waals surface area contributed by atoms with Crippen LogP contribution in [0, 0.1) is 0 Å². The van der Waals surface area contributed by atoms with Gasteiger partial charge in [-0.1, -0.05) is 18.2 Å². The number of hydrogen-bond donors (Lipinski definition) is 3. The molecule has 1 atom stereocenters. The van der Waals surface area contributed by atoms with E-state index in [2.05, 4.69) is 0 Å². The third-order valence-corrected chi connectivity index (χ3v) is 2.93. The van der Waals surface area contributed by atoms with Gasteiger partial charge in [0.2, 0.25) is 8.03 Å². The normalized spacial score (nSPS) is 11.2. The van der Waals surface area contributed by atoms with Crippen LogP contribution in [0.3, 0.4) is 0 Å². The Morgan fingerprint density at radius 2 is 1.72 bits per heavy atom. The number of carbonyl (C=O) groups is 1. The van der Waals surface area contributed by atoms with Crippen molar-refractivity contribution < 1.29 is 29.2 Å². The lowest BCUT2D eigenvalue weighted by Gasteiger charge is -2.01. The topological polar surface area (TPSA) is 104 Å². The van der Waals surface area contributed by atoms with Crippen molar-refractivity contribution in [3.05, 3.63) is 30.3 Å². The molecule has 0 aliphatic rings. The van der Waals surface area contributed by atoms with E-state index in [-0.39, 0.29) is 26.2 Å². The van der Waals surface area contributed by atoms with E-state index >= 15 is 0 Å². The smallest absolute Gasteiger partial charge is 0.305 e. The van der Waals surface area contributed by atoms with Crippen molar-refractivity contribution in [1.82, 2.24) is 0 Å². The van der Waals surface area contributed by atoms with E-state index in [1.165, 1.54) is 0 Å². The molecule has 18 heavy (non-hydrogen) atoms. The van der Waals surface area contributed by atoms with E-state index < -0.39 is 14.0 Å². The van der Waals surface area contributed by atoms with Gasteiger partial charge in [-0.3, -0.25) is 9.36 Å². The summed E-state index contributed by atoms with van der Waals surface area (Å²) in [5.41, 5.74) is 0. The van der Waals surface area contributed by atoms with Crippen LogP contribution in [0.4, 0.5) is 0 Å². The Labute approximate surface area is 106 Å². The Kier molecular flexibility index (Phi) is 10.2. The number of hydrogen-bond acceptors (Lipinski definition) is 5. The third kappa shape index (κ3) is 8.90. The molecule has 0 saturated heterocycles. The zero-order chi connectivity index (χ0) is 13.8. The maximum atomic E-state index is 11.4. The van der Waals surface area contributed by atoms with Crippen LogP contribution >= 0.6 is 8.03 Å². The van der Waals surface area contributed by atoms with Crippen LogP contribution in [0.15, 0.2) is 30.3 Å². The molecule has 1 aromatic rings. The van der Waals surface area contributed by atoms with Crippen LogP contribution < -0.4 is 5.30 Å². The van der Waals surface area contributed by atoms with Gasteiger partial charge in [0.05, 0.1) is 26.2 Å². The summed E-state index contributed by atoms with van der Waals surface area (Å²) in [7, 11) is -2.28. The molecule has 1 unspecified atom stereocenters. The molecular formula is C11H17O6P. The molecule has 6 nitrogen and oxygen atoms in total. The number of aliphatic carboxylic acids is 1. The minimum Gasteiger partial charge on any atom is -0.481 e. The van der Waals surface area contributed by atoms with Gasteiger partial charge in [0, 0.05) is 5.30 Å². The number of rotatable bonds is 6. The molecule has 3 N–H and O–H groups in total. The second-order valence-corrected chi connectivity index (χ2v) is 4.53. The Balaban J connectivity index is 0.000000631. The first-order chi connectivity index (χ1) is 8.61. The van der Waals surface area contributed by atoms with Crippen molar-refractivity contribution in [3.63, 3.8) is 0 Å². The lowest BCUT2D eigenvalue weighted by Crippen LogP contribution is -2.02. The second-order valence-electron chi connectivity index (χ2n) is 3.09. The standard InChI is InChI=1S/C9H11O4P.C2H6O2/c10-9(11)6-7-13-14(12)8-4-2-1-3-5-8;3-1-2-4/h1-5,14H,6-7H2,(H,10,11);3-4H,1-2H2. The zero-order valence-corrected chi connectivity index (χ0v) is 10.8. The molecule has 0 fully saturated rings. The molecule has 1 rings (SSSR count). The number of carboxylic acids is 1. The van der Waals surface area contributed by atoms with E-state index in [0.29, 0.717) is 5.30 Å². The Hall–Kier alpha value is -1.20. The highest BCUT2D eigenvalue weighted by molar-refractivity contribution is 7.48. The molecule has 0 radical (unpaired) electrons. The van der Waals surface area contributed by atoms with Gasteiger partial charge in [-0.05, 0) is 12.1 Å². The molecule has 0 saturated carbocycles. The van der Waals surface area contributed by atoms with Crippen LogP contribution in [0.1, 0.15) is 6.42 Å². The van der Waals surface area contributed by atoms with Crippen molar-refractivity contribution in [1.29, 1.82) is 0 Å². The van der Waals surface area contributed by atoms with E-state index in [4.69, 9.17) is 19.8 Å². The Bertz CT molecular complexity index is 352. The number of benzene rings is 1. The highest BCUT2D eigenvalue weighted by Crippen LogP contribution is 2.20. The highest BCUT2D eigenvalue weighted by Gasteiger charge is 2.03. The average molecular weight is 276 g/mol. The zero-order valence-electron chi connectivity index (χ0n) is 9.78. The van der Waals surface area contributed by atoms with Gasteiger partial charge in [-0.15, -0.1) is 0 Å².